The summed E-state index contributed by atoms with van der Waals surface area (Å²) in [6, 6.07) is 7.96. The van der Waals surface area contributed by atoms with Crippen LogP contribution in [0.3, 0.4) is 0 Å². The molecule has 15 heavy (non-hydrogen) atoms. The third kappa shape index (κ3) is 2.15. The van der Waals surface area contributed by atoms with E-state index in [1.165, 1.54) is 12.1 Å². The van der Waals surface area contributed by atoms with E-state index < -0.39 is 0 Å². The van der Waals surface area contributed by atoms with Gasteiger partial charge in [0.15, 0.2) is 0 Å². The standard InChI is InChI=1S/C11H8BrFN2/c12-11-5-10(14)9(6-15-11)7-2-1-3-8(13)4-7/h1-6H,(H2,14,15). The fourth-order valence-corrected chi connectivity index (χ4v) is 1.69. The zero-order valence-corrected chi connectivity index (χ0v) is 9.33. The van der Waals surface area contributed by atoms with Gasteiger partial charge in [-0.1, -0.05) is 12.1 Å². The average molecular weight is 267 g/mol. The molecule has 2 nitrogen and oxygen atoms in total. The lowest BCUT2D eigenvalue weighted by atomic mass is 10.1. The van der Waals surface area contributed by atoms with Gasteiger partial charge in [0.05, 0.1) is 0 Å². The van der Waals surface area contributed by atoms with Gasteiger partial charge in [0.25, 0.3) is 0 Å². The van der Waals surface area contributed by atoms with Gasteiger partial charge in [-0.25, -0.2) is 9.37 Å². The largest absolute Gasteiger partial charge is 0.398 e. The number of aromatic nitrogens is 1. The maximum absolute atomic E-state index is 13.0. The SMILES string of the molecule is Nc1cc(Br)ncc1-c1cccc(F)c1. The van der Waals surface area contributed by atoms with Crippen molar-refractivity contribution >= 4 is 21.6 Å². The summed E-state index contributed by atoms with van der Waals surface area (Å²) in [5.74, 6) is -0.283. The molecule has 0 saturated carbocycles. The van der Waals surface area contributed by atoms with Gasteiger partial charge in [0.2, 0.25) is 0 Å². The van der Waals surface area contributed by atoms with Crippen LogP contribution in [0.25, 0.3) is 11.1 Å². The number of nitrogens with two attached hydrogens (primary N) is 1. The summed E-state index contributed by atoms with van der Waals surface area (Å²) in [7, 11) is 0. The quantitative estimate of drug-likeness (QED) is 0.805. The maximum atomic E-state index is 13.0. The number of hydrogen-bond acceptors (Lipinski definition) is 2. The Morgan fingerprint density at radius 1 is 1.27 bits per heavy atom. The first-order valence-electron chi connectivity index (χ1n) is 4.34. The Hall–Kier alpha value is -1.42. The van der Waals surface area contributed by atoms with Crippen molar-refractivity contribution in [2.75, 3.05) is 5.73 Å². The van der Waals surface area contributed by atoms with Crippen molar-refractivity contribution in [1.82, 2.24) is 4.98 Å². The van der Waals surface area contributed by atoms with Crippen molar-refractivity contribution in [3.63, 3.8) is 0 Å². The summed E-state index contributed by atoms with van der Waals surface area (Å²) in [5, 5.41) is 0. The van der Waals surface area contributed by atoms with E-state index in [9.17, 15) is 4.39 Å². The van der Waals surface area contributed by atoms with Gasteiger partial charge >= 0.3 is 0 Å². The molecule has 0 saturated heterocycles. The molecule has 2 rings (SSSR count). The second kappa shape index (κ2) is 3.98. The van der Waals surface area contributed by atoms with Gasteiger partial charge in [-0.05, 0) is 39.7 Å². The zero-order chi connectivity index (χ0) is 10.8. The molecular weight excluding hydrogens is 259 g/mol. The van der Waals surface area contributed by atoms with E-state index in [1.807, 2.05) is 0 Å². The lowest BCUT2D eigenvalue weighted by Gasteiger charge is -2.05. The Kier molecular flexibility index (Phi) is 2.68. The average Bonchev–Trinajstić information content (AvgIpc) is 2.17. The number of rotatable bonds is 1. The number of nitrogens with zero attached hydrogens (tertiary/aromatic N) is 1. The summed E-state index contributed by atoms with van der Waals surface area (Å²) >= 11 is 3.22. The minimum atomic E-state index is -0.283. The molecular formula is C11H8BrFN2. The number of nitrogen functional groups attached to an aromatic ring is 1. The van der Waals surface area contributed by atoms with Crippen molar-refractivity contribution in [2.45, 2.75) is 0 Å². The molecule has 0 aliphatic heterocycles. The number of anilines is 1. The minimum Gasteiger partial charge on any atom is -0.398 e. The smallest absolute Gasteiger partial charge is 0.123 e. The van der Waals surface area contributed by atoms with Gasteiger partial charge in [-0.2, -0.15) is 0 Å². The molecule has 4 heteroatoms. The zero-order valence-electron chi connectivity index (χ0n) is 7.74. The lowest BCUT2D eigenvalue weighted by Crippen LogP contribution is -1.92. The van der Waals surface area contributed by atoms with Crippen molar-refractivity contribution in [3.05, 3.63) is 46.9 Å². The first-order valence-corrected chi connectivity index (χ1v) is 5.13. The van der Waals surface area contributed by atoms with Crippen LogP contribution in [0.2, 0.25) is 0 Å². The predicted octanol–water partition coefficient (Wildman–Crippen LogP) is 3.23. The van der Waals surface area contributed by atoms with Gasteiger partial charge in [0, 0.05) is 17.4 Å². The molecule has 0 fully saturated rings. The molecule has 0 bridgehead atoms. The van der Waals surface area contributed by atoms with E-state index in [0.29, 0.717) is 10.3 Å². The van der Waals surface area contributed by atoms with Gasteiger partial charge in [-0.15, -0.1) is 0 Å². The Labute approximate surface area is 95.1 Å². The Morgan fingerprint density at radius 3 is 2.73 bits per heavy atom. The highest BCUT2D eigenvalue weighted by Gasteiger charge is 2.04. The van der Waals surface area contributed by atoms with E-state index in [1.54, 1.807) is 24.4 Å². The minimum absolute atomic E-state index is 0.283. The summed E-state index contributed by atoms with van der Waals surface area (Å²) in [6.07, 6.45) is 1.62. The number of pyridine rings is 1. The topological polar surface area (TPSA) is 38.9 Å². The van der Waals surface area contributed by atoms with Gasteiger partial charge < -0.3 is 5.73 Å². The molecule has 0 aliphatic rings. The van der Waals surface area contributed by atoms with E-state index in [4.69, 9.17) is 5.73 Å². The molecule has 0 amide bonds. The highest BCUT2D eigenvalue weighted by molar-refractivity contribution is 9.10. The van der Waals surface area contributed by atoms with E-state index in [-0.39, 0.29) is 5.82 Å². The second-order valence-electron chi connectivity index (χ2n) is 3.10. The third-order valence-corrected chi connectivity index (χ3v) is 2.47. The summed E-state index contributed by atoms with van der Waals surface area (Å²) in [4.78, 5) is 4.06. The highest BCUT2D eigenvalue weighted by atomic mass is 79.9. The Morgan fingerprint density at radius 2 is 2.07 bits per heavy atom. The Balaban J connectivity index is 2.54. The third-order valence-electron chi connectivity index (χ3n) is 2.04. The predicted molar refractivity (Wildman–Crippen MR) is 61.7 cm³/mol. The molecule has 0 unspecified atom stereocenters. The molecule has 0 radical (unpaired) electrons. The van der Waals surface area contributed by atoms with E-state index >= 15 is 0 Å². The molecule has 0 atom stereocenters. The first-order chi connectivity index (χ1) is 7.16. The lowest BCUT2D eigenvalue weighted by molar-refractivity contribution is 0.628. The molecule has 1 aromatic heterocycles. The number of hydrogen-bond donors (Lipinski definition) is 1. The summed E-state index contributed by atoms with van der Waals surface area (Å²) < 4.78 is 13.7. The van der Waals surface area contributed by atoms with Crippen LogP contribution in [-0.2, 0) is 0 Å². The molecule has 1 aromatic carbocycles. The molecule has 0 spiro atoms. The van der Waals surface area contributed by atoms with Crippen LogP contribution in [0.4, 0.5) is 10.1 Å². The first kappa shape index (κ1) is 10.1. The van der Waals surface area contributed by atoms with Crippen molar-refractivity contribution in [3.8, 4) is 11.1 Å². The van der Waals surface area contributed by atoms with Crippen LogP contribution >= 0.6 is 15.9 Å². The molecule has 76 valence electrons. The second-order valence-corrected chi connectivity index (χ2v) is 3.92. The van der Waals surface area contributed by atoms with Crippen LogP contribution in [-0.4, -0.2) is 4.98 Å². The van der Waals surface area contributed by atoms with Crippen LogP contribution in [0, 0.1) is 5.82 Å². The van der Waals surface area contributed by atoms with Crippen molar-refractivity contribution in [1.29, 1.82) is 0 Å². The Bertz CT molecular complexity index is 500. The number of halogens is 2. The summed E-state index contributed by atoms with van der Waals surface area (Å²) in [5.41, 5.74) is 7.85. The fourth-order valence-electron chi connectivity index (χ4n) is 1.34. The fraction of sp³-hybridized carbons (Fsp3) is 0. The van der Waals surface area contributed by atoms with Crippen LogP contribution < -0.4 is 5.73 Å². The monoisotopic (exact) mass is 266 g/mol. The van der Waals surface area contributed by atoms with Crippen LogP contribution in [0.1, 0.15) is 0 Å². The summed E-state index contributed by atoms with van der Waals surface area (Å²) in [6.45, 7) is 0. The normalized spacial score (nSPS) is 10.3. The van der Waals surface area contributed by atoms with Crippen LogP contribution in [0.5, 0.6) is 0 Å². The molecule has 2 N–H and O–H groups in total. The van der Waals surface area contributed by atoms with Crippen molar-refractivity contribution in [2.24, 2.45) is 0 Å². The van der Waals surface area contributed by atoms with Gasteiger partial charge in [0.1, 0.15) is 10.4 Å². The highest BCUT2D eigenvalue weighted by Crippen LogP contribution is 2.27. The number of benzene rings is 1. The van der Waals surface area contributed by atoms with Crippen molar-refractivity contribution < 1.29 is 4.39 Å². The molecule has 0 aliphatic carbocycles. The molecule has 2 aromatic rings. The van der Waals surface area contributed by atoms with E-state index in [2.05, 4.69) is 20.9 Å². The maximum Gasteiger partial charge on any atom is 0.123 e. The van der Waals surface area contributed by atoms with Crippen LogP contribution in [0.15, 0.2) is 41.1 Å². The van der Waals surface area contributed by atoms with E-state index in [0.717, 1.165) is 11.1 Å². The molecule has 1 heterocycles. The van der Waals surface area contributed by atoms with Gasteiger partial charge in [-0.3, -0.25) is 0 Å².